The van der Waals surface area contributed by atoms with E-state index < -0.39 is 5.60 Å². The lowest BCUT2D eigenvalue weighted by Gasteiger charge is -2.27. The average Bonchev–Trinajstić information content (AvgIpc) is 3.14. The molecule has 4 rings (SSSR count). The highest BCUT2D eigenvalue weighted by Crippen LogP contribution is 2.41. The van der Waals surface area contributed by atoms with Gasteiger partial charge in [0.2, 0.25) is 0 Å². The summed E-state index contributed by atoms with van der Waals surface area (Å²) in [6.45, 7) is 0. The largest absolute Gasteiger partial charge is 0.383 e. The normalized spacial score (nSPS) is 19.0. The summed E-state index contributed by atoms with van der Waals surface area (Å²) >= 11 is 7.87. The first-order valence-electron chi connectivity index (χ1n) is 8.50. The van der Waals surface area contributed by atoms with Crippen LogP contribution in [0.25, 0.3) is 0 Å². The van der Waals surface area contributed by atoms with Crippen molar-refractivity contribution in [1.82, 2.24) is 0 Å². The van der Waals surface area contributed by atoms with Gasteiger partial charge in [-0.05, 0) is 35.4 Å². The third-order valence-electron chi connectivity index (χ3n) is 4.48. The van der Waals surface area contributed by atoms with E-state index in [2.05, 4.69) is 41.6 Å². The molecule has 130 valence electrons. The van der Waals surface area contributed by atoms with Gasteiger partial charge in [0.25, 0.3) is 0 Å². The molecule has 0 N–H and O–H groups in total. The Bertz CT molecular complexity index is 896. The number of benzene rings is 3. The Morgan fingerprint density at radius 3 is 2.23 bits per heavy atom. The van der Waals surface area contributed by atoms with E-state index in [1.54, 1.807) is 11.8 Å². The molecule has 3 aromatic rings. The van der Waals surface area contributed by atoms with Crippen molar-refractivity contribution in [3.05, 3.63) is 101 Å². The van der Waals surface area contributed by atoms with Gasteiger partial charge in [-0.25, -0.2) is 0 Å². The molecule has 0 aliphatic carbocycles. The molecule has 0 fully saturated rings. The second kappa shape index (κ2) is 7.56. The number of halogens is 1. The van der Waals surface area contributed by atoms with E-state index in [0.717, 1.165) is 34.0 Å². The summed E-state index contributed by atoms with van der Waals surface area (Å²) in [7, 11) is 0. The maximum atomic E-state index is 6.09. The molecule has 0 spiro atoms. The first-order chi connectivity index (χ1) is 12.8. The van der Waals surface area contributed by atoms with E-state index in [1.165, 1.54) is 4.90 Å². The van der Waals surface area contributed by atoms with Crippen LogP contribution in [0.4, 0.5) is 0 Å². The number of hydrogen-bond donors (Lipinski definition) is 0. The van der Waals surface area contributed by atoms with Crippen molar-refractivity contribution in [3.8, 4) is 0 Å². The van der Waals surface area contributed by atoms with Crippen LogP contribution in [0.15, 0.2) is 95.0 Å². The molecule has 0 bridgehead atoms. The minimum atomic E-state index is -0.490. The third kappa shape index (κ3) is 3.64. The number of thioether (sulfide) groups is 1. The maximum Gasteiger partial charge on any atom is 0.177 e. The van der Waals surface area contributed by atoms with Crippen molar-refractivity contribution in [2.45, 2.75) is 16.9 Å². The van der Waals surface area contributed by atoms with Crippen LogP contribution < -0.4 is 0 Å². The predicted octanol–water partition coefficient (Wildman–Crippen LogP) is 6.15. The molecule has 2 nitrogen and oxygen atoms in total. The highest BCUT2D eigenvalue weighted by atomic mass is 35.5. The van der Waals surface area contributed by atoms with Gasteiger partial charge >= 0.3 is 0 Å². The molecule has 0 amide bonds. The van der Waals surface area contributed by atoms with Gasteiger partial charge in [-0.2, -0.15) is 0 Å². The van der Waals surface area contributed by atoms with E-state index >= 15 is 0 Å². The van der Waals surface area contributed by atoms with Crippen molar-refractivity contribution >= 4 is 29.1 Å². The molecular weight excluding hydrogens is 362 g/mol. The molecule has 3 aromatic carbocycles. The van der Waals surface area contributed by atoms with Crippen LogP contribution in [-0.4, -0.2) is 11.5 Å². The minimum Gasteiger partial charge on any atom is -0.383 e. The topological polar surface area (TPSA) is 21.6 Å². The summed E-state index contributed by atoms with van der Waals surface area (Å²) in [5.41, 5.74) is 2.69. The third-order valence-corrected chi connectivity index (χ3v) is 5.94. The molecule has 0 radical (unpaired) electrons. The van der Waals surface area contributed by atoms with Gasteiger partial charge in [0.05, 0.1) is 5.71 Å². The van der Waals surface area contributed by atoms with Crippen LogP contribution >= 0.6 is 23.4 Å². The smallest absolute Gasteiger partial charge is 0.177 e. The molecule has 4 heteroatoms. The Balaban J connectivity index is 1.62. The van der Waals surface area contributed by atoms with Gasteiger partial charge in [-0.3, -0.25) is 0 Å². The van der Waals surface area contributed by atoms with Crippen LogP contribution in [0, 0.1) is 0 Å². The fourth-order valence-corrected chi connectivity index (χ4v) is 4.25. The lowest BCUT2D eigenvalue weighted by atomic mass is 9.89. The van der Waals surface area contributed by atoms with Crippen LogP contribution in [0.3, 0.4) is 0 Å². The Hall–Kier alpha value is -2.23. The van der Waals surface area contributed by atoms with Crippen LogP contribution in [0.1, 0.15) is 17.5 Å². The fraction of sp³-hybridized carbons (Fsp3) is 0.136. The fourth-order valence-electron chi connectivity index (χ4n) is 3.05. The Morgan fingerprint density at radius 1 is 0.885 bits per heavy atom. The molecule has 0 aromatic heterocycles. The summed E-state index contributed by atoms with van der Waals surface area (Å²) < 4.78 is 0. The van der Waals surface area contributed by atoms with E-state index in [1.807, 2.05) is 48.5 Å². The zero-order chi connectivity index (χ0) is 17.8. The van der Waals surface area contributed by atoms with Gasteiger partial charge in [0.1, 0.15) is 0 Å². The molecular formula is C22H18ClNOS. The van der Waals surface area contributed by atoms with E-state index in [0.29, 0.717) is 0 Å². The SMILES string of the molecule is Clc1ccc([C@]2(CSc3ccccc3)CC(c3ccccc3)=NO2)cc1. The average molecular weight is 380 g/mol. The molecule has 26 heavy (non-hydrogen) atoms. The molecule has 1 aliphatic rings. The highest BCUT2D eigenvalue weighted by molar-refractivity contribution is 7.99. The van der Waals surface area contributed by atoms with Crippen LogP contribution in [-0.2, 0) is 10.4 Å². The van der Waals surface area contributed by atoms with E-state index in [4.69, 9.17) is 16.4 Å². The van der Waals surface area contributed by atoms with Crippen molar-refractivity contribution < 1.29 is 4.84 Å². The predicted molar refractivity (Wildman–Crippen MR) is 109 cm³/mol. The van der Waals surface area contributed by atoms with Crippen molar-refractivity contribution in [3.63, 3.8) is 0 Å². The second-order valence-corrected chi connectivity index (χ2v) is 7.76. The van der Waals surface area contributed by atoms with Gasteiger partial charge in [-0.1, -0.05) is 77.4 Å². The molecule has 1 atom stereocenters. The van der Waals surface area contributed by atoms with Crippen molar-refractivity contribution in [1.29, 1.82) is 0 Å². The zero-order valence-electron chi connectivity index (χ0n) is 14.1. The van der Waals surface area contributed by atoms with Crippen molar-refractivity contribution in [2.24, 2.45) is 5.16 Å². The minimum absolute atomic E-state index is 0.490. The van der Waals surface area contributed by atoms with Gasteiger partial charge in [0.15, 0.2) is 5.60 Å². The molecule has 1 heterocycles. The zero-order valence-corrected chi connectivity index (χ0v) is 15.7. The van der Waals surface area contributed by atoms with Crippen LogP contribution in [0.2, 0.25) is 5.02 Å². The van der Waals surface area contributed by atoms with Gasteiger partial charge in [0, 0.05) is 22.1 Å². The number of rotatable bonds is 5. The number of hydrogen-bond acceptors (Lipinski definition) is 3. The standard InChI is InChI=1S/C22H18ClNOS/c23-19-13-11-18(12-14-19)22(16-26-20-9-5-2-6-10-20)15-21(24-25-22)17-7-3-1-4-8-17/h1-14H,15-16H2/t22-/m1/s1. The maximum absolute atomic E-state index is 6.09. The lowest BCUT2D eigenvalue weighted by molar-refractivity contribution is -0.00317. The first kappa shape index (κ1) is 17.2. The quantitative estimate of drug-likeness (QED) is 0.495. The summed E-state index contributed by atoms with van der Waals surface area (Å²) in [5.74, 6) is 0.776. The summed E-state index contributed by atoms with van der Waals surface area (Å²) in [6.07, 6.45) is 0.735. The molecule has 0 unspecified atom stereocenters. The lowest BCUT2D eigenvalue weighted by Crippen LogP contribution is -2.29. The molecule has 0 saturated heterocycles. The Morgan fingerprint density at radius 2 is 1.54 bits per heavy atom. The van der Waals surface area contributed by atoms with E-state index in [-0.39, 0.29) is 0 Å². The second-order valence-electron chi connectivity index (χ2n) is 6.27. The molecule has 1 aliphatic heterocycles. The Kier molecular flexibility index (Phi) is 5.00. The Labute approximate surface area is 162 Å². The van der Waals surface area contributed by atoms with Crippen molar-refractivity contribution in [2.75, 3.05) is 5.75 Å². The van der Waals surface area contributed by atoms with E-state index in [9.17, 15) is 0 Å². The molecule has 0 saturated carbocycles. The van der Waals surface area contributed by atoms with Crippen LogP contribution in [0.5, 0.6) is 0 Å². The summed E-state index contributed by atoms with van der Waals surface area (Å²) in [6, 6.07) is 28.5. The summed E-state index contributed by atoms with van der Waals surface area (Å²) in [4.78, 5) is 7.30. The first-order valence-corrected chi connectivity index (χ1v) is 9.86. The van der Waals surface area contributed by atoms with Gasteiger partial charge in [-0.15, -0.1) is 11.8 Å². The number of nitrogens with zero attached hydrogens (tertiary/aromatic N) is 1. The highest BCUT2D eigenvalue weighted by Gasteiger charge is 2.41. The van der Waals surface area contributed by atoms with Gasteiger partial charge < -0.3 is 4.84 Å². The summed E-state index contributed by atoms with van der Waals surface area (Å²) in [5, 5.41) is 5.16. The number of oxime groups is 1. The monoisotopic (exact) mass is 379 g/mol.